The summed E-state index contributed by atoms with van der Waals surface area (Å²) in [6.45, 7) is 6.72. The van der Waals surface area contributed by atoms with E-state index in [1.807, 2.05) is 0 Å². The third kappa shape index (κ3) is 7.50. The van der Waals surface area contributed by atoms with Gasteiger partial charge < -0.3 is 5.32 Å². The molecule has 0 bridgehead atoms. The lowest BCUT2D eigenvalue weighted by atomic mass is 10.1. The summed E-state index contributed by atoms with van der Waals surface area (Å²) >= 11 is 0. The summed E-state index contributed by atoms with van der Waals surface area (Å²) in [5, 5.41) is 3.54. The van der Waals surface area contributed by atoms with Gasteiger partial charge in [0.25, 0.3) is 0 Å². The third-order valence-electron chi connectivity index (χ3n) is 3.38. The van der Waals surface area contributed by atoms with Gasteiger partial charge in [-0.15, -0.1) is 0 Å². The molecule has 1 rings (SSSR count). The van der Waals surface area contributed by atoms with E-state index in [9.17, 15) is 0 Å². The SMILES string of the molecule is CCCCCCCCNCCc1cccc(C)c1. The van der Waals surface area contributed by atoms with Gasteiger partial charge in [-0.05, 0) is 38.4 Å². The fraction of sp³-hybridized carbons (Fsp3) is 0.647. The molecule has 0 atom stereocenters. The maximum atomic E-state index is 3.54. The van der Waals surface area contributed by atoms with Gasteiger partial charge in [0, 0.05) is 0 Å². The molecule has 18 heavy (non-hydrogen) atoms. The van der Waals surface area contributed by atoms with Gasteiger partial charge in [0.1, 0.15) is 0 Å². The predicted molar refractivity (Wildman–Crippen MR) is 81.1 cm³/mol. The molecule has 0 aliphatic carbocycles. The number of benzene rings is 1. The van der Waals surface area contributed by atoms with Crippen LogP contribution in [0.25, 0.3) is 0 Å². The van der Waals surface area contributed by atoms with Crippen molar-refractivity contribution in [1.29, 1.82) is 0 Å². The van der Waals surface area contributed by atoms with Gasteiger partial charge >= 0.3 is 0 Å². The van der Waals surface area contributed by atoms with Gasteiger partial charge in [0.15, 0.2) is 0 Å². The van der Waals surface area contributed by atoms with Crippen molar-refractivity contribution in [2.75, 3.05) is 13.1 Å². The predicted octanol–water partition coefficient (Wildman–Crippen LogP) is 4.49. The first-order valence-electron chi connectivity index (χ1n) is 7.59. The third-order valence-corrected chi connectivity index (χ3v) is 3.38. The van der Waals surface area contributed by atoms with Crippen molar-refractivity contribution < 1.29 is 0 Å². The van der Waals surface area contributed by atoms with Gasteiger partial charge in [-0.25, -0.2) is 0 Å². The second-order valence-corrected chi connectivity index (χ2v) is 5.26. The zero-order valence-corrected chi connectivity index (χ0v) is 12.2. The Morgan fingerprint density at radius 2 is 1.72 bits per heavy atom. The average molecular weight is 247 g/mol. The molecule has 0 aliphatic rings. The van der Waals surface area contributed by atoms with Crippen molar-refractivity contribution in [1.82, 2.24) is 5.32 Å². The number of nitrogens with one attached hydrogen (secondary N) is 1. The van der Waals surface area contributed by atoms with Gasteiger partial charge in [-0.3, -0.25) is 0 Å². The van der Waals surface area contributed by atoms with E-state index in [-0.39, 0.29) is 0 Å². The Hall–Kier alpha value is -0.820. The highest BCUT2D eigenvalue weighted by Gasteiger charge is 1.94. The summed E-state index contributed by atoms with van der Waals surface area (Å²) in [7, 11) is 0. The van der Waals surface area contributed by atoms with E-state index in [2.05, 4.69) is 43.4 Å². The van der Waals surface area contributed by atoms with Crippen LogP contribution in [0.5, 0.6) is 0 Å². The second-order valence-electron chi connectivity index (χ2n) is 5.26. The molecule has 1 aromatic rings. The van der Waals surface area contributed by atoms with Crippen LogP contribution in [0.3, 0.4) is 0 Å². The molecular weight excluding hydrogens is 218 g/mol. The van der Waals surface area contributed by atoms with E-state index in [1.54, 1.807) is 0 Å². The summed E-state index contributed by atoms with van der Waals surface area (Å²) < 4.78 is 0. The van der Waals surface area contributed by atoms with Gasteiger partial charge in [0.05, 0.1) is 0 Å². The molecule has 0 fully saturated rings. The van der Waals surface area contributed by atoms with Crippen LogP contribution in [0.15, 0.2) is 24.3 Å². The number of aryl methyl sites for hydroxylation is 1. The Balaban J connectivity index is 1.92. The van der Waals surface area contributed by atoms with Crippen LogP contribution in [0, 0.1) is 6.92 Å². The number of unbranched alkanes of at least 4 members (excludes halogenated alkanes) is 5. The van der Waals surface area contributed by atoms with E-state index in [0.29, 0.717) is 0 Å². The summed E-state index contributed by atoms with van der Waals surface area (Å²) in [6, 6.07) is 8.82. The zero-order chi connectivity index (χ0) is 13.1. The molecule has 0 amide bonds. The highest BCUT2D eigenvalue weighted by Crippen LogP contribution is 2.05. The zero-order valence-electron chi connectivity index (χ0n) is 12.2. The Bertz CT molecular complexity index is 306. The minimum Gasteiger partial charge on any atom is -0.316 e. The van der Waals surface area contributed by atoms with Crippen molar-refractivity contribution >= 4 is 0 Å². The van der Waals surface area contributed by atoms with Crippen LogP contribution >= 0.6 is 0 Å². The van der Waals surface area contributed by atoms with E-state index in [4.69, 9.17) is 0 Å². The molecule has 1 aromatic carbocycles. The van der Waals surface area contributed by atoms with E-state index < -0.39 is 0 Å². The normalized spacial score (nSPS) is 10.8. The van der Waals surface area contributed by atoms with E-state index >= 15 is 0 Å². The topological polar surface area (TPSA) is 12.0 Å². The highest BCUT2D eigenvalue weighted by molar-refractivity contribution is 5.22. The van der Waals surface area contributed by atoms with Crippen LogP contribution in [0.2, 0.25) is 0 Å². The molecule has 0 unspecified atom stereocenters. The lowest BCUT2D eigenvalue weighted by Gasteiger charge is -2.05. The molecule has 1 nitrogen and oxygen atoms in total. The Morgan fingerprint density at radius 1 is 0.944 bits per heavy atom. The first kappa shape index (κ1) is 15.2. The van der Waals surface area contributed by atoms with Crippen LogP contribution in [0.4, 0.5) is 0 Å². The van der Waals surface area contributed by atoms with Crippen molar-refractivity contribution in [2.24, 2.45) is 0 Å². The van der Waals surface area contributed by atoms with Crippen molar-refractivity contribution in [3.8, 4) is 0 Å². The average Bonchev–Trinajstić information content (AvgIpc) is 2.37. The molecule has 1 N–H and O–H groups in total. The largest absolute Gasteiger partial charge is 0.316 e. The maximum Gasteiger partial charge on any atom is -0.000835 e. The number of hydrogen-bond acceptors (Lipinski definition) is 1. The van der Waals surface area contributed by atoms with Crippen LogP contribution in [-0.4, -0.2) is 13.1 Å². The number of rotatable bonds is 10. The van der Waals surface area contributed by atoms with Crippen molar-refractivity contribution in [2.45, 2.75) is 58.8 Å². The molecule has 0 radical (unpaired) electrons. The quantitative estimate of drug-likeness (QED) is 0.601. The molecule has 1 heteroatoms. The molecule has 0 spiro atoms. The van der Waals surface area contributed by atoms with E-state index in [0.717, 1.165) is 13.0 Å². The lowest BCUT2D eigenvalue weighted by molar-refractivity contribution is 0.573. The van der Waals surface area contributed by atoms with Crippen LogP contribution in [0.1, 0.15) is 56.6 Å². The van der Waals surface area contributed by atoms with Crippen molar-refractivity contribution in [3.05, 3.63) is 35.4 Å². The molecule has 0 saturated carbocycles. The Kier molecular flexibility index (Phi) is 8.58. The minimum atomic E-state index is 1.11. The Labute approximate surface area is 113 Å². The summed E-state index contributed by atoms with van der Waals surface area (Å²) in [5.74, 6) is 0. The number of hydrogen-bond donors (Lipinski definition) is 1. The molecule has 0 aromatic heterocycles. The molecule has 0 saturated heterocycles. The monoisotopic (exact) mass is 247 g/mol. The summed E-state index contributed by atoms with van der Waals surface area (Å²) in [6.07, 6.45) is 9.44. The maximum absolute atomic E-state index is 3.54. The molecule has 0 aliphatic heterocycles. The van der Waals surface area contributed by atoms with Gasteiger partial charge in [-0.1, -0.05) is 68.9 Å². The fourth-order valence-electron chi connectivity index (χ4n) is 2.26. The fourth-order valence-corrected chi connectivity index (χ4v) is 2.26. The second kappa shape index (κ2) is 10.1. The smallest absolute Gasteiger partial charge is 0.000835 e. The standard InChI is InChI=1S/C17H29N/c1-3-4-5-6-7-8-13-18-14-12-17-11-9-10-16(2)15-17/h9-11,15,18H,3-8,12-14H2,1-2H3. The van der Waals surface area contributed by atoms with Crippen LogP contribution < -0.4 is 5.32 Å². The minimum absolute atomic E-state index is 1.11. The van der Waals surface area contributed by atoms with E-state index in [1.165, 1.54) is 56.2 Å². The van der Waals surface area contributed by atoms with Crippen LogP contribution in [-0.2, 0) is 6.42 Å². The lowest BCUT2D eigenvalue weighted by Crippen LogP contribution is -2.18. The first-order chi connectivity index (χ1) is 8.83. The molecule has 102 valence electrons. The highest BCUT2D eigenvalue weighted by atomic mass is 14.8. The van der Waals surface area contributed by atoms with Gasteiger partial charge in [0.2, 0.25) is 0 Å². The van der Waals surface area contributed by atoms with Gasteiger partial charge in [-0.2, -0.15) is 0 Å². The summed E-state index contributed by atoms with van der Waals surface area (Å²) in [5.41, 5.74) is 2.81. The van der Waals surface area contributed by atoms with Crippen molar-refractivity contribution in [3.63, 3.8) is 0 Å². The Morgan fingerprint density at radius 3 is 2.50 bits per heavy atom. The summed E-state index contributed by atoms with van der Waals surface area (Å²) in [4.78, 5) is 0. The first-order valence-corrected chi connectivity index (χ1v) is 7.59. The molecule has 0 heterocycles. The molecular formula is C17H29N.